The maximum absolute atomic E-state index is 13.8. The standard InChI is InChI=1S/2C21H21ClF4N2O/c1-13-5-4-10-28(13)12-18(14-6-2-7-15(23)11-14)27-20(29)16-8-3-9-17(19(16)22)21(24,25)26;1-13-4-3-11-28(13)12-18(14-7-9-15(23)10-8-14)27-20(29)16-5-2-6-17(19(16)22)21(24,25)26/h2-3,6-9,11,13,18H,4-5,10,12H2,1H3,(H,27,29);2,5-10,13,18H,3-4,11-12H2,1H3,(H,27,29)/t2*13?,18-/m11/s1. The normalized spacial score (nSPS) is 18.6. The quantitative estimate of drug-likeness (QED) is 0.156. The van der Waals surface area contributed by atoms with Crippen molar-refractivity contribution in [2.45, 2.75) is 76.1 Å². The van der Waals surface area contributed by atoms with Gasteiger partial charge in [0.05, 0.1) is 44.4 Å². The van der Waals surface area contributed by atoms with Gasteiger partial charge in [-0.2, -0.15) is 26.3 Å². The number of carbonyl (C=O) groups is 2. The van der Waals surface area contributed by atoms with Crippen molar-refractivity contribution in [1.82, 2.24) is 20.4 Å². The van der Waals surface area contributed by atoms with E-state index in [1.807, 2.05) is 0 Å². The highest BCUT2D eigenvalue weighted by atomic mass is 35.5. The van der Waals surface area contributed by atoms with E-state index < -0.39 is 69.1 Å². The molecule has 2 heterocycles. The van der Waals surface area contributed by atoms with Gasteiger partial charge in [0.1, 0.15) is 11.6 Å². The van der Waals surface area contributed by atoms with Crippen molar-refractivity contribution in [2.24, 2.45) is 0 Å². The topological polar surface area (TPSA) is 64.7 Å². The maximum atomic E-state index is 13.8. The molecular weight excluding hydrogens is 815 g/mol. The Morgan fingerprint density at radius 1 is 0.638 bits per heavy atom. The molecule has 58 heavy (non-hydrogen) atoms. The Morgan fingerprint density at radius 3 is 1.47 bits per heavy atom. The first-order valence-corrected chi connectivity index (χ1v) is 19.4. The fraction of sp³-hybridized carbons (Fsp3) is 0.381. The summed E-state index contributed by atoms with van der Waals surface area (Å²) in [6.45, 7) is 6.75. The van der Waals surface area contributed by atoms with Crippen LogP contribution < -0.4 is 10.6 Å². The highest BCUT2D eigenvalue weighted by molar-refractivity contribution is 6.35. The molecule has 6 rings (SSSR count). The summed E-state index contributed by atoms with van der Waals surface area (Å²) in [5, 5.41) is 4.24. The Kier molecular flexibility index (Phi) is 14.9. The Balaban J connectivity index is 0.000000221. The molecular formula is C42H42Cl2F8N4O2. The van der Waals surface area contributed by atoms with E-state index in [4.69, 9.17) is 23.2 Å². The van der Waals surface area contributed by atoms with E-state index in [0.29, 0.717) is 36.3 Å². The molecule has 2 aliphatic rings. The van der Waals surface area contributed by atoms with Crippen LogP contribution in [0.3, 0.4) is 0 Å². The second-order valence-electron chi connectivity index (χ2n) is 14.5. The summed E-state index contributed by atoms with van der Waals surface area (Å²) in [5.74, 6) is -2.30. The number of rotatable bonds is 10. The molecule has 2 N–H and O–H groups in total. The van der Waals surface area contributed by atoms with Gasteiger partial charge in [-0.05, 0) is 112 Å². The largest absolute Gasteiger partial charge is 0.417 e. The third-order valence-corrected chi connectivity index (χ3v) is 11.3. The van der Waals surface area contributed by atoms with Crippen LogP contribution in [0, 0.1) is 11.6 Å². The van der Waals surface area contributed by atoms with E-state index in [1.165, 1.54) is 42.5 Å². The van der Waals surface area contributed by atoms with Gasteiger partial charge >= 0.3 is 12.4 Å². The summed E-state index contributed by atoms with van der Waals surface area (Å²) in [6, 6.07) is 17.5. The number of carbonyl (C=O) groups excluding carboxylic acids is 2. The molecule has 2 amide bonds. The number of amides is 2. The summed E-state index contributed by atoms with van der Waals surface area (Å²) in [7, 11) is 0. The summed E-state index contributed by atoms with van der Waals surface area (Å²) in [4.78, 5) is 30.0. The van der Waals surface area contributed by atoms with E-state index >= 15 is 0 Å². The van der Waals surface area contributed by atoms with Crippen molar-refractivity contribution < 1.29 is 44.7 Å². The lowest BCUT2D eigenvalue weighted by Crippen LogP contribution is -2.39. The predicted octanol–water partition coefficient (Wildman–Crippen LogP) is 10.9. The fourth-order valence-electron chi connectivity index (χ4n) is 7.21. The molecule has 2 fully saturated rings. The number of likely N-dealkylation sites (tertiary alicyclic amines) is 2. The Hall–Kier alpha value is -4.24. The number of alkyl halides is 6. The average molecular weight is 858 g/mol. The van der Waals surface area contributed by atoms with Crippen LogP contribution in [0.25, 0.3) is 0 Å². The summed E-state index contributed by atoms with van der Waals surface area (Å²) < 4.78 is 106. The van der Waals surface area contributed by atoms with Gasteiger partial charge in [0, 0.05) is 25.2 Å². The highest BCUT2D eigenvalue weighted by Crippen LogP contribution is 2.38. The van der Waals surface area contributed by atoms with Crippen molar-refractivity contribution in [3.63, 3.8) is 0 Å². The van der Waals surface area contributed by atoms with Gasteiger partial charge in [0.15, 0.2) is 0 Å². The van der Waals surface area contributed by atoms with E-state index in [1.54, 1.807) is 18.2 Å². The lowest BCUT2D eigenvalue weighted by atomic mass is 10.0. The second kappa shape index (κ2) is 19.2. The average Bonchev–Trinajstić information content (AvgIpc) is 3.76. The lowest BCUT2D eigenvalue weighted by molar-refractivity contribution is -0.138. The molecule has 4 aromatic rings. The molecule has 0 aromatic heterocycles. The van der Waals surface area contributed by atoms with Crippen LogP contribution >= 0.6 is 23.2 Å². The van der Waals surface area contributed by atoms with Crippen LogP contribution in [-0.4, -0.2) is 59.9 Å². The Bertz CT molecular complexity index is 2050. The van der Waals surface area contributed by atoms with Gasteiger partial charge in [0.2, 0.25) is 0 Å². The van der Waals surface area contributed by atoms with Crippen molar-refractivity contribution in [3.05, 3.63) is 140 Å². The summed E-state index contributed by atoms with van der Waals surface area (Å²) >= 11 is 11.8. The fourth-order valence-corrected chi connectivity index (χ4v) is 7.85. The molecule has 0 bridgehead atoms. The molecule has 312 valence electrons. The Morgan fingerprint density at radius 2 is 1.07 bits per heavy atom. The predicted molar refractivity (Wildman–Crippen MR) is 207 cm³/mol. The van der Waals surface area contributed by atoms with Crippen LogP contribution in [0.1, 0.15) is 94.6 Å². The molecule has 4 aromatic carbocycles. The minimum atomic E-state index is -4.67. The first-order chi connectivity index (χ1) is 27.3. The molecule has 6 nitrogen and oxygen atoms in total. The number of halogens is 10. The molecule has 16 heteroatoms. The zero-order valence-corrected chi connectivity index (χ0v) is 33.1. The number of hydrogen-bond donors (Lipinski definition) is 2. The van der Waals surface area contributed by atoms with Gasteiger partial charge in [-0.15, -0.1) is 0 Å². The number of hydrogen-bond acceptors (Lipinski definition) is 4. The molecule has 2 unspecified atom stereocenters. The lowest BCUT2D eigenvalue weighted by Gasteiger charge is -2.28. The van der Waals surface area contributed by atoms with E-state index in [-0.39, 0.29) is 11.1 Å². The van der Waals surface area contributed by atoms with Gasteiger partial charge in [-0.25, -0.2) is 8.78 Å². The maximum Gasteiger partial charge on any atom is 0.417 e. The minimum absolute atomic E-state index is 0.247. The monoisotopic (exact) mass is 856 g/mol. The molecule has 2 aliphatic heterocycles. The first kappa shape index (κ1) is 44.9. The third-order valence-electron chi connectivity index (χ3n) is 10.4. The van der Waals surface area contributed by atoms with Crippen molar-refractivity contribution in [1.29, 1.82) is 0 Å². The number of nitrogens with one attached hydrogen (secondary N) is 2. The number of nitrogens with zero attached hydrogens (tertiary/aromatic N) is 2. The molecule has 0 radical (unpaired) electrons. The van der Waals surface area contributed by atoms with Crippen LogP contribution in [0.15, 0.2) is 84.9 Å². The van der Waals surface area contributed by atoms with E-state index in [2.05, 4.69) is 34.3 Å². The number of benzene rings is 4. The van der Waals surface area contributed by atoms with Crippen LogP contribution in [0.5, 0.6) is 0 Å². The van der Waals surface area contributed by atoms with Crippen LogP contribution in [0.4, 0.5) is 35.1 Å². The molecule has 0 saturated carbocycles. The summed E-state index contributed by atoms with van der Waals surface area (Å²) in [5.41, 5.74) is -1.43. The SMILES string of the molecule is CC1CCCN1C[C@@H](NC(=O)c1cccc(C(F)(F)F)c1Cl)c1ccc(F)cc1.CC1CCCN1C[C@@H](NC(=O)c1cccc(C(F)(F)F)c1Cl)c1cccc(F)c1. The zero-order chi connectivity index (χ0) is 42.4. The van der Waals surface area contributed by atoms with Gasteiger partial charge in [-0.3, -0.25) is 19.4 Å². The third kappa shape index (κ3) is 11.5. The van der Waals surface area contributed by atoms with E-state index in [0.717, 1.165) is 63.0 Å². The van der Waals surface area contributed by atoms with Gasteiger partial charge < -0.3 is 10.6 Å². The van der Waals surface area contributed by atoms with Crippen molar-refractivity contribution in [3.8, 4) is 0 Å². The van der Waals surface area contributed by atoms with Gasteiger partial charge in [-0.1, -0.05) is 59.6 Å². The van der Waals surface area contributed by atoms with Crippen molar-refractivity contribution in [2.75, 3.05) is 26.2 Å². The van der Waals surface area contributed by atoms with Crippen molar-refractivity contribution >= 4 is 35.0 Å². The summed E-state index contributed by atoms with van der Waals surface area (Å²) in [6.07, 6.45) is -5.23. The van der Waals surface area contributed by atoms with Gasteiger partial charge in [0.25, 0.3) is 11.8 Å². The molecule has 4 atom stereocenters. The molecule has 0 spiro atoms. The minimum Gasteiger partial charge on any atom is -0.344 e. The van der Waals surface area contributed by atoms with Crippen LogP contribution in [-0.2, 0) is 12.4 Å². The Labute approximate surface area is 341 Å². The zero-order valence-electron chi connectivity index (χ0n) is 31.5. The second-order valence-corrected chi connectivity index (χ2v) is 15.2. The first-order valence-electron chi connectivity index (χ1n) is 18.7. The van der Waals surface area contributed by atoms with E-state index in [9.17, 15) is 44.7 Å². The highest BCUT2D eigenvalue weighted by Gasteiger charge is 2.36. The molecule has 2 saturated heterocycles. The molecule has 0 aliphatic carbocycles. The van der Waals surface area contributed by atoms with Crippen LogP contribution in [0.2, 0.25) is 10.0 Å². The smallest absolute Gasteiger partial charge is 0.344 e.